The zero-order chi connectivity index (χ0) is 15.1. The molecule has 0 spiro atoms. The molecule has 1 aromatic rings. The number of benzene rings is 1. The van der Waals surface area contributed by atoms with E-state index in [-0.39, 0.29) is 17.0 Å². The Labute approximate surface area is 124 Å². The number of carboxylic acid groups (broad SMARTS) is 1. The lowest BCUT2D eigenvalue weighted by molar-refractivity contribution is 0.0690. The summed E-state index contributed by atoms with van der Waals surface area (Å²) in [6, 6.07) is 3.51. The number of unbranched alkanes of at least 4 members (excludes halogenated alkanes) is 1. The van der Waals surface area contributed by atoms with E-state index in [1.54, 1.807) is 37.7 Å². The number of carbonyl (C=O) groups excluding carboxylic acids is 1. The number of carbonyl (C=O) groups is 2. The van der Waals surface area contributed by atoms with Crippen LogP contribution in [0.1, 0.15) is 44.7 Å². The Kier molecular flexibility index (Phi) is 6.58. The summed E-state index contributed by atoms with van der Waals surface area (Å²) in [5.74, 6) is -0.286. The number of hydrogen-bond donors (Lipinski definition) is 2. The fourth-order valence-corrected chi connectivity index (χ4v) is 2.53. The zero-order valence-corrected chi connectivity index (χ0v) is 13.0. The molecule has 0 aliphatic carbocycles. The van der Waals surface area contributed by atoms with Crippen molar-refractivity contribution in [2.45, 2.75) is 26.7 Å². The lowest BCUT2D eigenvalue weighted by Gasteiger charge is -2.12. The van der Waals surface area contributed by atoms with Crippen LogP contribution in [0, 0.1) is 13.8 Å². The highest BCUT2D eigenvalue weighted by atomic mass is 32.2. The normalized spacial score (nSPS) is 10.3. The van der Waals surface area contributed by atoms with Crippen LogP contribution >= 0.6 is 11.8 Å². The molecule has 1 aromatic carbocycles. The SMILES string of the molecule is CSCCCCNC(=O)c1c(C)ccc(C)c1C(=O)O. The van der Waals surface area contributed by atoms with Crippen LogP contribution in [0.25, 0.3) is 0 Å². The Morgan fingerprint density at radius 1 is 1.15 bits per heavy atom. The van der Waals surface area contributed by atoms with Gasteiger partial charge in [0.25, 0.3) is 5.91 Å². The molecule has 0 atom stereocenters. The maximum Gasteiger partial charge on any atom is 0.336 e. The summed E-state index contributed by atoms with van der Waals surface area (Å²) < 4.78 is 0. The number of hydrogen-bond acceptors (Lipinski definition) is 3. The van der Waals surface area contributed by atoms with Crippen molar-refractivity contribution in [2.75, 3.05) is 18.6 Å². The molecular formula is C15H21NO3S. The minimum atomic E-state index is -1.06. The molecule has 0 fully saturated rings. The smallest absolute Gasteiger partial charge is 0.336 e. The Bertz CT molecular complexity index is 500. The monoisotopic (exact) mass is 295 g/mol. The van der Waals surface area contributed by atoms with Crippen molar-refractivity contribution in [2.24, 2.45) is 0 Å². The van der Waals surface area contributed by atoms with Crippen LogP contribution in [0.2, 0.25) is 0 Å². The lowest BCUT2D eigenvalue weighted by Crippen LogP contribution is -2.27. The van der Waals surface area contributed by atoms with Crippen molar-refractivity contribution in [3.8, 4) is 0 Å². The molecule has 0 aliphatic heterocycles. The van der Waals surface area contributed by atoms with Crippen LogP contribution in [0.3, 0.4) is 0 Å². The van der Waals surface area contributed by atoms with Crippen LogP contribution in [0.5, 0.6) is 0 Å². The van der Waals surface area contributed by atoms with E-state index in [0.29, 0.717) is 17.7 Å². The van der Waals surface area contributed by atoms with E-state index in [2.05, 4.69) is 5.32 Å². The quantitative estimate of drug-likeness (QED) is 0.759. The summed E-state index contributed by atoms with van der Waals surface area (Å²) in [5.41, 5.74) is 1.68. The molecule has 5 heteroatoms. The van der Waals surface area contributed by atoms with Gasteiger partial charge < -0.3 is 10.4 Å². The molecule has 20 heavy (non-hydrogen) atoms. The van der Waals surface area contributed by atoms with Gasteiger partial charge in [0.1, 0.15) is 0 Å². The van der Waals surface area contributed by atoms with Crippen LogP contribution in [-0.4, -0.2) is 35.5 Å². The van der Waals surface area contributed by atoms with Crippen molar-refractivity contribution >= 4 is 23.6 Å². The molecule has 0 saturated carbocycles. The topological polar surface area (TPSA) is 66.4 Å². The predicted molar refractivity (Wildman–Crippen MR) is 82.8 cm³/mol. The van der Waals surface area contributed by atoms with Gasteiger partial charge in [-0.25, -0.2) is 4.79 Å². The predicted octanol–water partition coefficient (Wildman–Crippen LogP) is 2.87. The van der Waals surface area contributed by atoms with Gasteiger partial charge >= 0.3 is 5.97 Å². The molecule has 110 valence electrons. The molecule has 0 aliphatic rings. The molecule has 0 aromatic heterocycles. The Balaban J connectivity index is 2.82. The number of thioether (sulfide) groups is 1. The van der Waals surface area contributed by atoms with E-state index in [9.17, 15) is 14.7 Å². The van der Waals surface area contributed by atoms with Crippen molar-refractivity contribution in [1.82, 2.24) is 5.32 Å². The highest BCUT2D eigenvalue weighted by Gasteiger charge is 2.20. The summed E-state index contributed by atoms with van der Waals surface area (Å²) in [4.78, 5) is 23.5. The van der Waals surface area contributed by atoms with Crippen LogP contribution in [0.15, 0.2) is 12.1 Å². The minimum absolute atomic E-state index is 0.103. The van der Waals surface area contributed by atoms with Gasteiger partial charge in [-0.1, -0.05) is 12.1 Å². The number of aryl methyl sites for hydroxylation is 2. The van der Waals surface area contributed by atoms with Crippen LogP contribution in [0.4, 0.5) is 0 Å². The van der Waals surface area contributed by atoms with E-state index in [4.69, 9.17) is 0 Å². The van der Waals surface area contributed by atoms with Crippen molar-refractivity contribution < 1.29 is 14.7 Å². The van der Waals surface area contributed by atoms with Gasteiger partial charge in [0, 0.05) is 6.54 Å². The summed E-state index contributed by atoms with van der Waals surface area (Å²) >= 11 is 1.78. The number of rotatable bonds is 7. The Morgan fingerprint density at radius 3 is 2.30 bits per heavy atom. The van der Waals surface area contributed by atoms with Crippen molar-refractivity contribution in [3.63, 3.8) is 0 Å². The first kappa shape index (κ1) is 16.6. The van der Waals surface area contributed by atoms with E-state index < -0.39 is 5.97 Å². The third kappa shape index (κ3) is 4.27. The summed E-state index contributed by atoms with van der Waals surface area (Å²) in [5, 5.41) is 12.1. The van der Waals surface area contributed by atoms with Crippen LogP contribution < -0.4 is 5.32 Å². The largest absolute Gasteiger partial charge is 0.478 e. The maximum absolute atomic E-state index is 12.2. The minimum Gasteiger partial charge on any atom is -0.478 e. The molecule has 0 saturated heterocycles. The fraction of sp³-hybridized carbons (Fsp3) is 0.467. The van der Waals surface area contributed by atoms with E-state index in [0.717, 1.165) is 18.6 Å². The number of amides is 1. The molecule has 1 amide bonds. The second kappa shape index (κ2) is 7.94. The maximum atomic E-state index is 12.2. The van der Waals surface area contributed by atoms with E-state index in [1.165, 1.54) is 0 Å². The van der Waals surface area contributed by atoms with Crippen LogP contribution in [-0.2, 0) is 0 Å². The zero-order valence-electron chi connectivity index (χ0n) is 12.2. The van der Waals surface area contributed by atoms with Gasteiger partial charge in [-0.05, 0) is 49.8 Å². The molecule has 0 unspecified atom stereocenters. The van der Waals surface area contributed by atoms with Crippen molar-refractivity contribution in [3.05, 3.63) is 34.4 Å². The third-order valence-electron chi connectivity index (χ3n) is 3.12. The third-order valence-corrected chi connectivity index (χ3v) is 3.82. The second-order valence-electron chi connectivity index (χ2n) is 4.71. The molecule has 2 N–H and O–H groups in total. The summed E-state index contributed by atoms with van der Waals surface area (Å²) in [6.07, 6.45) is 3.99. The van der Waals surface area contributed by atoms with Gasteiger partial charge in [0.15, 0.2) is 0 Å². The van der Waals surface area contributed by atoms with Gasteiger partial charge in [-0.15, -0.1) is 0 Å². The standard InChI is InChI=1S/C15H21NO3S/c1-10-6-7-11(2)13(15(18)19)12(10)14(17)16-8-4-5-9-20-3/h6-7H,4-5,8-9H2,1-3H3,(H,16,17)(H,18,19). The number of aromatic carboxylic acids is 1. The van der Waals surface area contributed by atoms with Gasteiger partial charge in [-0.2, -0.15) is 11.8 Å². The fourth-order valence-electron chi connectivity index (χ4n) is 2.04. The van der Waals surface area contributed by atoms with Gasteiger partial charge in [0.2, 0.25) is 0 Å². The van der Waals surface area contributed by atoms with Gasteiger partial charge in [-0.3, -0.25) is 4.79 Å². The molecule has 0 heterocycles. The molecular weight excluding hydrogens is 274 g/mol. The number of carboxylic acids is 1. The molecule has 0 radical (unpaired) electrons. The first-order valence-corrected chi connectivity index (χ1v) is 7.99. The lowest BCUT2D eigenvalue weighted by atomic mass is 9.96. The second-order valence-corrected chi connectivity index (χ2v) is 5.70. The first-order valence-electron chi connectivity index (χ1n) is 6.59. The summed E-state index contributed by atoms with van der Waals surface area (Å²) in [6.45, 7) is 4.04. The van der Waals surface area contributed by atoms with Crippen molar-refractivity contribution in [1.29, 1.82) is 0 Å². The highest BCUT2D eigenvalue weighted by molar-refractivity contribution is 7.98. The molecule has 1 rings (SSSR count). The average molecular weight is 295 g/mol. The highest BCUT2D eigenvalue weighted by Crippen LogP contribution is 2.18. The average Bonchev–Trinajstić information content (AvgIpc) is 2.40. The first-order chi connectivity index (χ1) is 9.49. The van der Waals surface area contributed by atoms with Gasteiger partial charge in [0.05, 0.1) is 11.1 Å². The van der Waals surface area contributed by atoms with E-state index >= 15 is 0 Å². The molecule has 0 bridgehead atoms. The number of nitrogens with one attached hydrogen (secondary N) is 1. The summed E-state index contributed by atoms with van der Waals surface area (Å²) in [7, 11) is 0. The molecule has 4 nitrogen and oxygen atoms in total. The Hall–Kier alpha value is -1.49. The van der Waals surface area contributed by atoms with E-state index in [1.807, 2.05) is 6.26 Å². The Morgan fingerprint density at radius 2 is 1.75 bits per heavy atom.